The normalized spacial score (nSPS) is 11.7. The van der Waals surface area contributed by atoms with Crippen LogP contribution in [0.2, 0.25) is 0 Å². The van der Waals surface area contributed by atoms with Crippen LogP contribution in [-0.4, -0.2) is 50.9 Å². The minimum Gasteiger partial charge on any atom is -0.493 e. The lowest BCUT2D eigenvalue weighted by atomic mass is 10.2. The summed E-state index contributed by atoms with van der Waals surface area (Å²) in [4.78, 5) is 17.3. The van der Waals surface area contributed by atoms with Gasteiger partial charge in [0.2, 0.25) is 10.0 Å². The molecule has 10 heteroatoms. The van der Waals surface area contributed by atoms with Crippen molar-refractivity contribution in [3.05, 3.63) is 42.0 Å². The molecule has 2 aromatic carbocycles. The van der Waals surface area contributed by atoms with Gasteiger partial charge in [0, 0.05) is 18.7 Å². The highest BCUT2D eigenvalue weighted by molar-refractivity contribution is 7.89. The predicted molar refractivity (Wildman–Crippen MR) is 126 cm³/mol. The van der Waals surface area contributed by atoms with Crippen LogP contribution in [0.15, 0.2) is 41.3 Å². The second-order valence-electron chi connectivity index (χ2n) is 7.08. The summed E-state index contributed by atoms with van der Waals surface area (Å²) in [5.74, 6) is 0.621. The van der Waals surface area contributed by atoms with Gasteiger partial charge in [-0.05, 0) is 49.2 Å². The summed E-state index contributed by atoms with van der Waals surface area (Å²) in [5, 5.41) is 3.15. The Balaban J connectivity index is 1.85. The number of ether oxygens (including phenoxy) is 2. The first-order valence-corrected chi connectivity index (χ1v) is 12.5. The second kappa shape index (κ2) is 10.3. The molecule has 0 aliphatic rings. The van der Waals surface area contributed by atoms with E-state index in [2.05, 4.69) is 10.3 Å². The monoisotopic (exact) mass is 477 g/mol. The number of thiazole rings is 1. The van der Waals surface area contributed by atoms with E-state index in [0.717, 1.165) is 12.8 Å². The van der Waals surface area contributed by atoms with E-state index >= 15 is 0 Å². The van der Waals surface area contributed by atoms with E-state index in [1.54, 1.807) is 36.4 Å². The van der Waals surface area contributed by atoms with Gasteiger partial charge in [-0.15, -0.1) is 0 Å². The number of amides is 1. The third-order valence-electron chi connectivity index (χ3n) is 4.81. The van der Waals surface area contributed by atoms with Gasteiger partial charge in [-0.25, -0.2) is 13.4 Å². The topological polar surface area (TPSA) is 97.8 Å². The zero-order valence-corrected chi connectivity index (χ0v) is 20.2. The van der Waals surface area contributed by atoms with E-state index in [-0.39, 0.29) is 10.8 Å². The van der Waals surface area contributed by atoms with Gasteiger partial charge in [-0.2, -0.15) is 4.31 Å². The number of hydrogen-bond donors (Lipinski definition) is 1. The van der Waals surface area contributed by atoms with Crippen LogP contribution in [0.1, 0.15) is 37.0 Å². The standard InChI is InChI=1S/C22H27N3O5S2/c1-5-11-25(12-6-2)32(27,28)16-8-9-17-20(14-16)31-22(23-17)24-21(26)15-7-10-18(29-3)19(13-15)30-4/h7-10,13-14H,5-6,11-12H2,1-4H3,(H,23,24,26). The molecular weight excluding hydrogens is 450 g/mol. The van der Waals surface area contributed by atoms with Gasteiger partial charge in [0.05, 0.1) is 29.3 Å². The number of aromatic nitrogens is 1. The first-order valence-electron chi connectivity index (χ1n) is 10.3. The van der Waals surface area contributed by atoms with Crippen molar-refractivity contribution in [2.75, 3.05) is 32.6 Å². The smallest absolute Gasteiger partial charge is 0.257 e. The number of carbonyl (C=O) groups excluding carboxylic acids is 1. The lowest BCUT2D eigenvalue weighted by Crippen LogP contribution is -2.32. The highest BCUT2D eigenvalue weighted by Crippen LogP contribution is 2.31. The van der Waals surface area contributed by atoms with Crippen molar-refractivity contribution >= 4 is 42.6 Å². The fraction of sp³-hybridized carbons (Fsp3) is 0.364. The quantitative estimate of drug-likeness (QED) is 0.465. The number of sulfonamides is 1. The minimum atomic E-state index is -3.59. The van der Waals surface area contributed by atoms with Crippen LogP contribution in [0.25, 0.3) is 10.2 Å². The third-order valence-corrected chi connectivity index (χ3v) is 7.64. The number of nitrogens with zero attached hydrogens (tertiary/aromatic N) is 2. The van der Waals surface area contributed by atoms with Gasteiger partial charge < -0.3 is 9.47 Å². The first kappa shape index (κ1) is 24.0. The molecule has 32 heavy (non-hydrogen) atoms. The van der Waals surface area contributed by atoms with Crippen molar-refractivity contribution in [2.24, 2.45) is 0 Å². The summed E-state index contributed by atoms with van der Waals surface area (Å²) in [6, 6.07) is 9.72. The van der Waals surface area contributed by atoms with Gasteiger partial charge in [0.25, 0.3) is 5.91 Å². The number of nitrogens with one attached hydrogen (secondary N) is 1. The Morgan fingerprint density at radius 2 is 1.72 bits per heavy atom. The van der Waals surface area contributed by atoms with Crippen LogP contribution >= 0.6 is 11.3 Å². The molecule has 0 unspecified atom stereocenters. The van der Waals surface area contributed by atoms with E-state index in [1.165, 1.54) is 29.9 Å². The van der Waals surface area contributed by atoms with E-state index in [1.807, 2.05) is 13.8 Å². The number of anilines is 1. The lowest BCUT2D eigenvalue weighted by molar-refractivity contribution is 0.102. The molecule has 0 saturated carbocycles. The molecule has 1 heterocycles. The zero-order valence-electron chi connectivity index (χ0n) is 18.5. The van der Waals surface area contributed by atoms with E-state index < -0.39 is 10.0 Å². The van der Waals surface area contributed by atoms with Crippen molar-refractivity contribution in [1.82, 2.24) is 9.29 Å². The fourth-order valence-corrected chi connectivity index (χ4v) is 5.89. The molecule has 0 aliphatic carbocycles. The molecule has 3 aromatic rings. The van der Waals surface area contributed by atoms with Gasteiger partial charge in [-0.3, -0.25) is 10.1 Å². The highest BCUT2D eigenvalue weighted by atomic mass is 32.2. The van der Waals surface area contributed by atoms with Crippen molar-refractivity contribution in [3.8, 4) is 11.5 Å². The van der Waals surface area contributed by atoms with Gasteiger partial charge >= 0.3 is 0 Å². The molecule has 1 aromatic heterocycles. The van der Waals surface area contributed by atoms with Crippen LogP contribution in [-0.2, 0) is 10.0 Å². The molecule has 3 rings (SSSR count). The molecule has 0 aliphatic heterocycles. The number of benzene rings is 2. The summed E-state index contributed by atoms with van der Waals surface area (Å²) in [7, 11) is -0.563. The highest BCUT2D eigenvalue weighted by Gasteiger charge is 2.24. The average molecular weight is 478 g/mol. The zero-order chi connectivity index (χ0) is 23.3. The Morgan fingerprint density at radius 1 is 1.03 bits per heavy atom. The molecule has 1 N–H and O–H groups in total. The summed E-state index contributed by atoms with van der Waals surface area (Å²) < 4.78 is 38.7. The molecule has 0 atom stereocenters. The van der Waals surface area contributed by atoms with E-state index in [0.29, 0.717) is 45.5 Å². The van der Waals surface area contributed by atoms with E-state index in [9.17, 15) is 13.2 Å². The lowest BCUT2D eigenvalue weighted by Gasteiger charge is -2.20. The van der Waals surface area contributed by atoms with Crippen LogP contribution in [0, 0.1) is 0 Å². The largest absolute Gasteiger partial charge is 0.493 e. The Bertz CT molecular complexity index is 1200. The number of methoxy groups -OCH3 is 2. The molecule has 8 nitrogen and oxygen atoms in total. The van der Waals surface area contributed by atoms with Crippen LogP contribution < -0.4 is 14.8 Å². The molecule has 0 bridgehead atoms. The SMILES string of the molecule is CCCN(CCC)S(=O)(=O)c1ccc2nc(NC(=O)c3ccc(OC)c(OC)c3)sc2c1. The molecule has 0 spiro atoms. The minimum absolute atomic E-state index is 0.230. The Kier molecular flexibility index (Phi) is 7.70. The molecule has 0 radical (unpaired) electrons. The van der Waals surface area contributed by atoms with Crippen molar-refractivity contribution < 1.29 is 22.7 Å². The van der Waals surface area contributed by atoms with Crippen molar-refractivity contribution in [2.45, 2.75) is 31.6 Å². The third kappa shape index (κ3) is 5.03. The number of fused-ring (bicyclic) bond motifs is 1. The summed E-state index contributed by atoms with van der Waals surface area (Å²) in [6.45, 7) is 4.86. The molecule has 0 saturated heterocycles. The number of rotatable bonds is 10. The summed E-state index contributed by atoms with van der Waals surface area (Å²) in [5.41, 5.74) is 1.01. The van der Waals surface area contributed by atoms with Gasteiger partial charge in [0.15, 0.2) is 16.6 Å². The number of carbonyl (C=O) groups is 1. The maximum atomic E-state index is 13.1. The molecule has 0 fully saturated rings. The van der Waals surface area contributed by atoms with Crippen LogP contribution in [0.5, 0.6) is 11.5 Å². The summed E-state index contributed by atoms with van der Waals surface area (Å²) in [6.07, 6.45) is 1.49. The molecular formula is C22H27N3O5S2. The Morgan fingerprint density at radius 3 is 2.34 bits per heavy atom. The Hall–Kier alpha value is -2.69. The van der Waals surface area contributed by atoms with Gasteiger partial charge in [0.1, 0.15) is 0 Å². The molecule has 172 valence electrons. The van der Waals surface area contributed by atoms with Crippen LogP contribution in [0.3, 0.4) is 0 Å². The Labute approximate surface area is 192 Å². The summed E-state index contributed by atoms with van der Waals surface area (Å²) >= 11 is 1.22. The molecule has 1 amide bonds. The van der Waals surface area contributed by atoms with Crippen molar-refractivity contribution in [3.63, 3.8) is 0 Å². The first-order chi connectivity index (χ1) is 15.3. The maximum absolute atomic E-state index is 13.1. The fourth-order valence-electron chi connectivity index (χ4n) is 3.27. The van der Waals surface area contributed by atoms with Crippen molar-refractivity contribution in [1.29, 1.82) is 0 Å². The van der Waals surface area contributed by atoms with Gasteiger partial charge in [-0.1, -0.05) is 25.2 Å². The maximum Gasteiger partial charge on any atom is 0.257 e. The predicted octanol–water partition coefficient (Wildman–Crippen LogP) is 4.38. The second-order valence-corrected chi connectivity index (χ2v) is 10.0. The van der Waals surface area contributed by atoms with E-state index in [4.69, 9.17) is 9.47 Å². The number of hydrogen-bond acceptors (Lipinski definition) is 7. The average Bonchev–Trinajstić information content (AvgIpc) is 3.19. The van der Waals surface area contributed by atoms with Crippen LogP contribution in [0.4, 0.5) is 5.13 Å².